The Morgan fingerprint density at radius 1 is 1.18 bits per heavy atom. The second-order valence-electron chi connectivity index (χ2n) is 8.78. The Morgan fingerprint density at radius 3 is 2.61 bits per heavy atom. The van der Waals surface area contributed by atoms with Crippen LogP contribution in [0, 0.1) is 6.92 Å². The fourth-order valence-corrected chi connectivity index (χ4v) is 4.74. The summed E-state index contributed by atoms with van der Waals surface area (Å²) in [6.45, 7) is 11.1. The fraction of sp³-hybridized carbons (Fsp3) is 0.462. The van der Waals surface area contributed by atoms with E-state index >= 15 is 0 Å². The Kier molecular flexibility index (Phi) is 6.61. The molecule has 0 radical (unpaired) electrons. The maximum Gasteiger partial charge on any atom is 0.295 e. The molecule has 4 rings (SSSR count). The molecule has 2 aliphatic heterocycles. The highest BCUT2D eigenvalue weighted by molar-refractivity contribution is 6.46. The average Bonchev–Trinajstić information content (AvgIpc) is 3.46. The van der Waals surface area contributed by atoms with Crippen molar-refractivity contribution in [2.75, 3.05) is 26.2 Å². The van der Waals surface area contributed by atoms with Gasteiger partial charge in [-0.1, -0.05) is 13.8 Å². The van der Waals surface area contributed by atoms with Crippen molar-refractivity contribution in [2.24, 2.45) is 0 Å². The van der Waals surface area contributed by atoms with Crippen LogP contribution in [0.1, 0.15) is 55.9 Å². The topological polar surface area (TPSA) is 83.2 Å². The number of likely N-dealkylation sites (tertiary alicyclic amines) is 1. The van der Waals surface area contributed by atoms with E-state index in [1.807, 2.05) is 19.9 Å². The van der Waals surface area contributed by atoms with Crippen LogP contribution in [0.5, 0.6) is 5.75 Å². The summed E-state index contributed by atoms with van der Waals surface area (Å²) in [6, 6.07) is 8.20. The Balaban J connectivity index is 1.70. The molecule has 7 nitrogen and oxygen atoms in total. The van der Waals surface area contributed by atoms with Crippen LogP contribution in [-0.2, 0) is 16.0 Å². The van der Waals surface area contributed by atoms with E-state index in [-0.39, 0.29) is 17.4 Å². The molecule has 1 aromatic carbocycles. The molecular formula is C26H32N2O5. The first-order valence-electron chi connectivity index (χ1n) is 11.7. The van der Waals surface area contributed by atoms with Crippen molar-refractivity contribution < 1.29 is 23.8 Å². The van der Waals surface area contributed by atoms with E-state index in [1.165, 1.54) is 4.90 Å². The van der Waals surface area contributed by atoms with Crippen LogP contribution in [0.4, 0.5) is 0 Å². The van der Waals surface area contributed by atoms with Gasteiger partial charge in [-0.05, 0) is 75.8 Å². The molecule has 0 unspecified atom stereocenters. The lowest BCUT2D eigenvalue weighted by Crippen LogP contribution is -2.33. The maximum absolute atomic E-state index is 13.1. The number of aliphatic hydroxyl groups excluding tert-OH is 1. The molecule has 0 saturated carbocycles. The number of amides is 1. The SMILES string of the molecule is CCN(CC)CCCN1C(=O)C(=O)C(=C(O)c2ccc3c(c2)C[C@H](C)O3)[C@H]1c1ccc(C)o1. The molecule has 1 aromatic heterocycles. The van der Waals surface area contributed by atoms with Crippen molar-refractivity contribution in [2.45, 2.75) is 52.7 Å². The van der Waals surface area contributed by atoms with E-state index in [0.29, 0.717) is 23.6 Å². The molecule has 0 aliphatic carbocycles. The van der Waals surface area contributed by atoms with E-state index in [2.05, 4.69) is 18.7 Å². The van der Waals surface area contributed by atoms with Gasteiger partial charge < -0.3 is 24.1 Å². The molecule has 1 amide bonds. The molecule has 2 aromatic rings. The third-order valence-corrected chi connectivity index (χ3v) is 6.51. The number of nitrogens with zero attached hydrogens (tertiary/aromatic N) is 2. The standard InChI is InChI=1S/C26H32N2O5/c1-5-27(6-2)12-7-13-28-23(21-10-8-16(3)32-21)22(25(30)26(28)31)24(29)18-9-11-20-19(15-18)14-17(4)33-20/h8-11,15,17,23,29H,5-7,12-14H2,1-4H3/t17-,23+/m0/s1. The summed E-state index contributed by atoms with van der Waals surface area (Å²) >= 11 is 0. The number of benzene rings is 1. The summed E-state index contributed by atoms with van der Waals surface area (Å²) in [5, 5.41) is 11.2. The summed E-state index contributed by atoms with van der Waals surface area (Å²) in [5.74, 6) is 0.486. The van der Waals surface area contributed by atoms with Gasteiger partial charge in [-0.25, -0.2) is 0 Å². The van der Waals surface area contributed by atoms with Crippen LogP contribution in [0.2, 0.25) is 0 Å². The number of aryl methyl sites for hydroxylation is 1. The number of rotatable bonds is 8. The summed E-state index contributed by atoms with van der Waals surface area (Å²) in [6.07, 6.45) is 1.52. The van der Waals surface area contributed by atoms with Gasteiger partial charge in [0.05, 0.1) is 5.57 Å². The van der Waals surface area contributed by atoms with E-state index in [0.717, 1.165) is 43.8 Å². The summed E-state index contributed by atoms with van der Waals surface area (Å²) in [4.78, 5) is 30.0. The summed E-state index contributed by atoms with van der Waals surface area (Å²) < 4.78 is 11.6. The van der Waals surface area contributed by atoms with Crippen LogP contribution in [-0.4, -0.2) is 58.9 Å². The molecule has 33 heavy (non-hydrogen) atoms. The Hall–Kier alpha value is -3.06. The predicted molar refractivity (Wildman–Crippen MR) is 125 cm³/mol. The van der Waals surface area contributed by atoms with Gasteiger partial charge in [0.1, 0.15) is 35.2 Å². The lowest BCUT2D eigenvalue weighted by Gasteiger charge is -2.25. The van der Waals surface area contributed by atoms with Crippen LogP contribution in [0.25, 0.3) is 5.76 Å². The zero-order chi connectivity index (χ0) is 23.7. The number of fused-ring (bicyclic) bond motifs is 1. The Labute approximate surface area is 194 Å². The molecule has 7 heteroatoms. The smallest absolute Gasteiger partial charge is 0.295 e. The molecular weight excluding hydrogens is 420 g/mol. The van der Waals surface area contributed by atoms with Crippen molar-refractivity contribution >= 4 is 17.4 Å². The number of hydrogen-bond acceptors (Lipinski definition) is 6. The van der Waals surface area contributed by atoms with E-state index < -0.39 is 17.7 Å². The van der Waals surface area contributed by atoms with Crippen LogP contribution in [0.15, 0.2) is 40.3 Å². The second-order valence-corrected chi connectivity index (χ2v) is 8.78. The molecule has 1 N–H and O–H groups in total. The zero-order valence-corrected chi connectivity index (χ0v) is 19.8. The minimum absolute atomic E-state index is 0.0693. The lowest BCUT2D eigenvalue weighted by atomic mass is 9.97. The van der Waals surface area contributed by atoms with Gasteiger partial charge in [0.25, 0.3) is 11.7 Å². The highest BCUT2D eigenvalue weighted by atomic mass is 16.5. The molecule has 0 bridgehead atoms. The third kappa shape index (κ3) is 4.42. The molecule has 3 heterocycles. The number of carbonyl (C=O) groups is 2. The lowest BCUT2D eigenvalue weighted by molar-refractivity contribution is -0.140. The van der Waals surface area contributed by atoms with E-state index in [4.69, 9.17) is 9.15 Å². The normalized spacial score (nSPS) is 21.7. The molecule has 2 aliphatic rings. The number of hydrogen-bond donors (Lipinski definition) is 1. The minimum Gasteiger partial charge on any atom is -0.507 e. The number of aliphatic hydroxyl groups is 1. The average molecular weight is 453 g/mol. The highest BCUT2D eigenvalue weighted by Crippen LogP contribution is 2.41. The quantitative estimate of drug-likeness (QED) is 0.369. The Bertz CT molecular complexity index is 1080. The fourth-order valence-electron chi connectivity index (χ4n) is 4.74. The second kappa shape index (κ2) is 9.43. The van der Waals surface area contributed by atoms with E-state index in [1.54, 1.807) is 24.3 Å². The maximum atomic E-state index is 13.1. The van der Waals surface area contributed by atoms with Crippen molar-refractivity contribution in [3.05, 3.63) is 58.6 Å². The van der Waals surface area contributed by atoms with Gasteiger partial charge in [0, 0.05) is 18.5 Å². The van der Waals surface area contributed by atoms with Gasteiger partial charge in [-0.2, -0.15) is 0 Å². The van der Waals surface area contributed by atoms with Gasteiger partial charge in [0.15, 0.2) is 0 Å². The van der Waals surface area contributed by atoms with Gasteiger partial charge in [-0.3, -0.25) is 9.59 Å². The molecule has 2 atom stereocenters. The predicted octanol–water partition coefficient (Wildman–Crippen LogP) is 4.07. The molecule has 0 spiro atoms. The van der Waals surface area contributed by atoms with E-state index in [9.17, 15) is 14.7 Å². The number of ether oxygens (including phenoxy) is 1. The van der Waals surface area contributed by atoms with Crippen LogP contribution in [0.3, 0.4) is 0 Å². The Morgan fingerprint density at radius 2 is 1.94 bits per heavy atom. The third-order valence-electron chi connectivity index (χ3n) is 6.51. The number of carbonyl (C=O) groups excluding carboxylic acids is 2. The first-order chi connectivity index (χ1) is 15.8. The largest absolute Gasteiger partial charge is 0.507 e. The summed E-state index contributed by atoms with van der Waals surface area (Å²) in [7, 11) is 0. The van der Waals surface area contributed by atoms with Crippen molar-refractivity contribution in [1.82, 2.24) is 9.80 Å². The zero-order valence-electron chi connectivity index (χ0n) is 19.8. The summed E-state index contributed by atoms with van der Waals surface area (Å²) in [5.41, 5.74) is 1.55. The van der Waals surface area contributed by atoms with Crippen molar-refractivity contribution in [1.29, 1.82) is 0 Å². The monoisotopic (exact) mass is 452 g/mol. The van der Waals surface area contributed by atoms with Crippen LogP contribution >= 0.6 is 0 Å². The van der Waals surface area contributed by atoms with Crippen LogP contribution < -0.4 is 4.74 Å². The molecule has 1 fully saturated rings. The number of furan rings is 1. The first kappa shape index (κ1) is 23.1. The van der Waals surface area contributed by atoms with Gasteiger partial charge in [-0.15, -0.1) is 0 Å². The van der Waals surface area contributed by atoms with Gasteiger partial charge >= 0.3 is 0 Å². The number of Topliss-reactive ketones (excluding diaryl/α,β-unsaturated/α-hetero) is 1. The van der Waals surface area contributed by atoms with Crippen molar-refractivity contribution in [3.63, 3.8) is 0 Å². The molecule has 1 saturated heterocycles. The molecule has 176 valence electrons. The van der Waals surface area contributed by atoms with Gasteiger partial charge in [0.2, 0.25) is 0 Å². The minimum atomic E-state index is -0.751. The van der Waals surface area contributed by atoms with Crippen molar-refractivity contribution in [3.8, 4) is 5.75 Å². The number of ketones is 1. The highest BCUT2D eigenvalue weighted by Gasteiger charge is 2.47. The first-order valence-corrected chi connectivity index (χ1v) is 11.7.